The Kier molecular flexibility index (Phi) is 7.49. The van der Waals surface area contributed by atoms with Crippen molar-refractivity contribution >= 4 is 12.2 Å². The molecule has 0 bridgehead atoms. The number of rotatable bonds is 4. The van der Waals surface area contributed by atoms with Gasteiger partial charge in [-0.3, -0.25) is 0 Å². The predicted molar refractivity (Wildman–Crippen MR) is 78.6 cm³/mol. The fourth-order valence-corrected chi connectivity index (χ4v) is 1.30. The number of carbonyl (C=O) groups excluding carboxylic acids is 2. The monoisotopic (exact) mass is 304 g/mol. The van der Waals surface area contributed by atoms with Crippen molar-refractivity contribution < 1.29 is 24.2 Å². The fourth-order valence-electron chi connectivity index (χ4n) is 1.30. The average Bonchev–Trinajstić information content (AvgIpc) is 2.22. The molecule has 7 heteroatoms. The van der Waals surface area contributed by atoms with Crippen LogP contribution in [0.15, 0.2) is 0 Å². The largest absolute Gasteiger partial charge is 0.443 e. The Morgan fingerprint density at radius 2 is 1.52 bits per heavy atom. The Morgan fingerprint density at radius 1 is 1.00 bits per heavy atom. The number of aliphatic hydroxyl groups excluding tert-OH is 1. The summed E-state index contributed by atoms with van der Waals surface area (Å²) < 4.78 is 10.3. The molecule has 0 heterocycles. The number of aliphatic hydroxyl groups is 1. The summed E-state index contributed by atoms with van der Waals surface area (Å²) in [6, 6.07) is 0. The van der Waals surface area contributed by atoms with Gasteiger partial charge in [0.25, 0.3) is 0 Å². The molecule has 0 aliphatic heterocycles. The fraction of sp³-hybridized carbons (Fsp3) is 0.857. The Labute approximate surface area is 126 Å². The second-order valence-electron chi connectivity index (χ2n) is 6.68. The molecule has 0 fully saturated rings. The van der Waals surface area contributed by atoms with Crippen LogP contribution in [0.3, 0.4) is 0 Å². The van der Waals surface area contributed by atoms with Gasteiger partial charge in [0.1, 0.15) is 11.2 Å². The lowest BCUT2D eigenvalue weighted by Crippen LogP contribution is -2.50. The van der Waals surface area contributed by atoms with Crippen molar-refractivity contribution in [2.75, 3.05) is 13.2 Å². The molecule has 124 valence electrons. The highest BCUT2D eigenvalue weighted by atomic mass is 16.6. The van der Waals surface area contributed by atoms with E-state index in [0.717, 1.165) is 5.01 Å². The average molecular weight is 304 g/mol. The van der Waals surface area contributed by atoms with Crippen LogP contribution in [0.4, 0.5) is 9.59 Å². The van der Waals surface area contributed by atoms with Crippen LogP contribution in [0.2, 0.25) is 0 Å². The van der Waals surface area contributed by atoms with E-state index in [1.807, 2.05) is 0 Å². The molecule has 0 saturated carbocycles. The first kappa shape index (κ1) is 19.5. The van der Waals surface area contributed by atoms with Gasteiger partial charge >= 0.3 is 12.2 Å². The van der Waals surface area contributed by atoms with E-state index in [0.29, 0.717) is 12.8 Å². The molecule has 0 radical (unpaired) electrons. The van der Waals surface area contributed by atoms with Crippen molar-refractivity contribution in [2.45, 2.75) is 65.6 Å². The summed E-state index contributed by atoms with van der Waals surface area (Å²) >= 11 is 0. The summed E-state index contributed by atoms with van der Waals surface area (Å²) in [5.74, 6) is 0. The third-order valence-corrected chi connectivity index (χ3v) is 2.03. The van der Waals surface area contributed by atoms with Crippen molar-refractivity contribution in [1.82, 2.24) is 10.4 Å². The van der Waals surface area contributed by atoms with Gasteiger partial charge in [0.2, 0.25) is 0 Å². The molecule has 2 N–H and O–H groups in total. The molecule has 0 atom stereocenters. The molecule has 0 aromatic rings. The van der Waals surface area contributed by atoms with Crippen LogP contribution in [0.5, 0.6) is 0 Å². The number of nitrogens with zero attached hydrogens (tertiary/aromatic N) is 1. The summed E-state index contributed by atoms with van der Waals surface area (Å²) in [5.41, 5.74) is 1.05. The quantitative estimate of drug-likeness (QED) is 0.615. The van der Waals surface area contributed by atoms with Crippen molar-refractivity contribution in [1.29, 1.82) is 0 Å². The Morgan fingerprint density at radius 3 is 1.95 bits per heavy atom. The maximum absolute atomic E-state index is 12.0. The zero-order chi connectivity index (χ0) is 16.7. The van der Waals surface area contributed by atoms with Crippen LogP contribution in [-0.4, -0.2) is 46.7 Å². The summed E-state index contributed by atoms with van der Waals surface area (Å²) in [4.78, 5) is 23.8. The highest BCUT2D eigenvalue weighted by Gasteiger charge is 2.25. The number of hydrogen-bond donors (Lipinski definition) is 2. The predicted octanol–water partition coefficient (Wildman–Crippen LogP) is 2.44. The summed E-state index contributed by atoms with van der Waals surface area (Å²) in [6.45, 7) is 10.7. The third-order valence-electron chi connectivity index (χ3n) is 2.03. The van der Waals surface area contributed by atoms with Crippen LogP contribution in [0, 0.1) is 0 Å². The topological polar surface area (TPSA) is 88.1 Å². The smallest absolute Gasteiger partial charge is 0.429 e. The van der Waals surface area contributed by atoms with E-state index in [4.69, 9.17) is 14.6 Å². The Hall–Kier alpha value is -1.50. The van der Waals surface area contributed by atoms with E-state index >= 15 is 0 Å². The first-order valence-corrected chi connectivity index (χ1v) is 7.05. The van der Waals surface area contributed by atoms with Gasteiger partial charge < -0.3 is 14.6 Å². The zero-order valence-corrected chi connectivity index (χ0v) is 13.9. The maximum atomic E-state index is 12.0. The molecule has 0 aliphatic rings. The van der Waals surface area contributed by atoms with Gasteiger partial charge in [0, 0.05) is 13.2 Å². The summed E-state index contributed by atoms with van der Waals surface area (Å²) in [5, 5.41) is 9.86. The van der Waals surface area contributed by atoms with Gasteiger partial charge in [0.05, 0.1) is 0 Å². The lowest BCUT2D eigenvalue weighted by molar-refractivity contribution is 0.000827. The number of carbonyl (C=O) groups is 2. The van der Waals surface area contributed by atoms with Gasteiger partial charge in [-0.2, -0.15) is 0 Å². The first-order valence-electron chi connectivity index (χ1n) is 7.05. The number of hydrazine groups is 1. The lowest BCUT2D eigenvalue weighted by atomic mass is 10.2. The highest BCUT2D eigenvalue weighted by Crippen LogP contribution is 2.11. The number of ether oxygens (including phenoxy) is 2. The van der Waals surface area contributed by atoms with Crippen LogP contribution in [0.1, 0.15) is 54.4 Å². The highest BCUT2D eigenvalue weighted by molar-refractivity contribution is 5.74. The molecule has 7 nitrogen and oxygen atoms in total. The summed E-state index contributed by atoms with van der Waals surface area (Å²) in [7, 11) is 0. The SMILES string of the molecule is CC(C)(C)OC(=O)NN(CCCCO)C(=O)OC(C)(C)C. The maximum Gasteiger partial charge on any atom is 0.429 e. The molecule has 0 aliphatic carbocycles. The van der Waals surface area contributed by atoms with Crippen LogP contribution < -0.4 is 5.43 Å². The van der Waals surface area contributed by atoms with Gasteiger partial charge in [-0.1, -0.05) is 0 Å². The van der Waals surface area contributed by atoms with E-state index < -0.39 is 23.4 Å². The van der Waals surface area contributed by atoms with Crippen LogP contribution in [-0.2, 0) is 9.47 Å². The first-order chi connectivity index (χ1) is 9.44. The van der Waals surface area contributed by atoms with E-state index in [1.54, 1.807) is 41.5 Å². The Bertz CT molecular complexity index is 344. The van der Waals surface area contributed by atoms with Crippen molar-refractivity contribution in [3.05, 3.63) is 0 Å². The molecule has 0 saturated heterocycles. The van der Waals surface area contributed by atoms with Crippen molar-refractivity contribution in [3.8, 4) is 0 Å². The molecule has 21 heavy (non-hydrogen) atoms. The lowest BCUT2D eigenvalue weighted by Gasteiger charge is -2.28. The summed E-state index contributed by atoms with van der Waals surface area (Å²) in [6.07, 6.45) is -0.329. The molecule has 2 amide bonds. The van der Waals surface area contributed by atoms with Crippen LogP contribution >= 0.6 is 0 Å². The minimum absolute atomic E-state index is 0.0224. The molecule has 0 aromatic heterocycles. The van der Waals surface area contributed by atoms with E-state index in [2.05, 4.69) is 5.43 Å². The minimum atomic E-state index is -0.725. The standard InChI is InChI=1S/C14H28N2O5/c1-13(2,3)20-11(18)15-16(9-7-8-10-17)12(19)21-14(4,5)6/h17H,7-10H2,1-6H3,(H,15,18). The Balaban J connectivity index is 4.65. The molecule has 0 rings (SSSR count). The normalized spacial score (nSPS) is 11.8. The van der Waals surface area contributed by atoms with Gasteiger partial charge in [-0.25, -0.2) is 20.0 Å². The van der Waals surface area contributed by atoms with E-state index in [9.17, 15) is 9.59 Å². The van der Waals surface area contributed by atoms with E-state index in [1.165, 1.54) is 0 Å². The van der Waals surface area contributed by atoms with Crippen molar-refractivity contribution in [3.63, 3.8) is 0 Å². The van der Waals surface area contributed by atoms with Crippen LogP contribution in [0.25, 0.3) is 0 Å². The van der Waals surface area contributed by atoms with Crippen molar-refractivity contribution in [2.24, 2.45) is 0 Å². The third kappa shape index (κ3) is 10.9. The molecule has 0 spiro atoms. The molecule has 0 aromatic carbocycles. The molecular weight excluding hydrogens is 276 g/mol. The number of amides is 2. The zero-order valence-electron chi connectivity index (χ0n) is 13.9. The van der Waals surface area contributed by atoms with E-state index in [-0.39, 0.29) is 13.2 Å². The van der Waals surface area contributed by atoms with Gasteiger partial charge in [-0.15, -0.1) is 0 Å². The number of nitrogens with one attached hydrogen (secondary N) is 1. The van der Waals surface area contributed by atoms with Gasteiger partial charge in [0.15, 0.2) is 0 Å². The number of hydrogen-bond acceptors (Lipinski definition) is 5. The second kappa shape index (κ2) is 8.07. The second-order valence-corrected chi connectivity index (χ2v) is 6.68. The molecule has 0 unspecified atom stereocenters. The molecular formula is C14H28N2O5. The van der Waals surface area contributed by atoms with Gasteiger partial charge in [-0.05, 0) is 54.4 Å². The number of unbranched alkanes of at least 4 members (excludes halogenated alkanes) is 1. The minimum Gasteiger partial charge on any atom is -0.443 e.